The monoisotopic (exact) mass is 270 g/mol. The van der Waals surface area contributed by atoms with Crippen LogP contribution in [0.4, 0.5) is 11.4 Å². The van der Waals surface area contributed by atoms with Crippen LogP contribution in [0.15, 0.2) is 48.5 Å². The van der Waals surface area contributed by atoms with E-state index in [2.05, 4.69) is 5.32 Å². The molecule has 1 amide bonds. The smallest absolute Gasteiger partial charge is 0.265 e. The summed E-state index contributed by atoms with van der Waals surface area (Å²) in [6.45, 7) is 3.61. The minimum absolute atomic E-state index is 0.193. The molecule has 0 saturated heterocycles. The number of aryl methyl sites for hydroxylation is 1. The number of nitrogens with one attached hydrogen (secondary N) is 1. The molecule has 0 aliphatic carbocycles. The predicted molar refractivity (Wildman–Crippen MR) is 80.8 cm³/mol. The van der Waals surface area contributed by atoms with E-state index in [0.717, 1.165) is 11.3 Å². The molecule has 104 valence electrons. The van der Waals surface area contributed by atoms with Gasteiger partial charge in [-0.15, -0.1) is 0 Å². The van der Waals surface area contributed by atoms with Gasteiger partial charge in [-0.05, 0) is 49.7 Å². The fraction of sp³-hybridized carbons (Fsp3) is 0.188. The first kappa shape index (κ1) is 13.9. The fourth-order valence-corrected chi connectivity index (χ4v) is 1.82. The molecule has 0 unspecified atom stereocenters. The maximum atomic E-state index is 12.1. The Hall–Kier alpha value is -2.49. The summed E-state index contributed by atoms with van der Waals surface area (Å²) < 4.78 is 5.58. The van der Waals surface area contributed by atoms with Gasteiger partial charge in [-0.1, -0.05) is 18.2 Å². The molecule has 0 spiro atoms. The highest BCUT2D eigenvalue weighted by Gasteiger charge is 2.15. The number of amides is 1. The van der Waals surface area contributed by atoms with Gasteiger partial charge in [0.25, 0.3) is 5.91 Å². The van der Waals surface area contributed by atoms with Crippen LogP contribution in [0.5, 0.6) is 5.75 Å². The molecular weight excluding hydrogens is 252 g/mol. The van der Waals surface area contributed by atoms with E-state index in [-0.39, 0.29) is 5.91 Å². The molecule has 2 aromatic rings. The van der Waals surface area contributed by atoms with Gasteiger partial charge in [0.05, 0.1) is 0 Å². The lowest BCUT2D eigenvalue weighted by atomic mass is 10.1. The summed E-state index contributed by atoms with van der Waals surface area (Å²) in [5.74, 6) is 0.478. The van der Waals surface area contributed by atoms with Crippen LogP contribution in [0.3, 0.4) is 0 Å². The topological polar surface area (TPSA) is 64.3 Å². The maximum Gasteiger partial charge on any atom is 0.265 e. The zero-order chi connectivity index (χ0) is 14.5. The highest BCUT2D eigenvalue weighted by atomic mass is 16.5. The lowest BCUT2D eigenvalue weighted by Gasteiger charge is -2.15. The second kappa shape index (κ2) is 6.10. The number of ether oxygens (including phenoxy) is 1. The van der Waals surface area contributed by atoms with Crippen LogP contribution in [0, 0.1) is 6.92 Å². The molecule has 2 aromatic carbocycles. The first-order valence-corrected chi connectivity index (χ1v) is 6.45. The fourth-order valence-electron chi connectivity index (χ4n) is 1.82. The Morgan fingerprint density at radius 2 is 1.90 bits per heavy atom. The molecule has 4 nitrogen and oxygen atoms in total. The van der Waals surface area contributed by atoms with Gasteiger partial charge >= 0.3 is 0 Å². The average molecular weight is 270 g/mol. The standard InChI is InChI=1S/C16H18N2O2/c1-11-10-13(17)8-9-15(11)18-16(19)12(2)20-14-6-4-3-5-7-14/h3-10,12H,17H2,1-2H3,(H,18,19)/t12-/m0/s1. The van der Waals surface area contributed by atoms with Crippen molar-refractivity contribution in [1.82, 2.24) is 0 Å². The third kappa shape index (κ3) is 3.51. The SMILES string of the molecule is Cc1cc(N)ccc1NC(=O)[C@H](C)Oc1ccccc1. The van der Waals surface area contributed by atoms with Crippen LogP contribution < -0.4 is 15.8 Å². The van der Waals surface area contributed by atoms with Crippen molar-refractivity contribution < 1.29 is 9.53 Å². The minimum Gasteiger partial charge on any atom is -0.481 e. The number of anilines is 2. The molecule has 0 aromatic heterocycles. The number of hydrogen-bond acceptors (Lipinski definition) is 3. The van der Waals surface area contributed by atoms with Crippen LogP contribution in [-0.4, -0.2) is 12.0 Å². The molecule has 1 atom stereocenters. The molecule has 0 heterocycles. The molecule has 0 radical (unpaired) electrons. The van der Waals surface area contributed by atoms with Gasteiger partial charge in [-0.3, -0.25) is 4.79 Å². The molecule has 20 heavy (non-hydrogen) atoms. The number of benzene rings is 2. The van der Waals surface area contributed by atoms with Gasteiger partial charge in [0.1, 0.15) is 5.75 Å². The number of carbonyl (C=O) groups excluding carboxylic acids is 1. The van der Waals surface area contributed by atoms with E-state index in [0.29, 0.717) is 11.4 Å². The Balaban J connectivity index is 2.01. The van der Waals surface area contributed by atoms with E-state index in [1.165, 1.54) is 0 Å². The normalized spacial score (nSPS) is 11.7. The molecular formula is C16H18N2O2. The highest BCUT2D eigenvalue weighted by molar-refractivity contribution is 5.94. The lowest BCUT2D eigenvalue weighted by Crippen LogP contribution is -2.30. The molecule has 0 aliphatic heterocycles. The minimum atomic E-state index is -0.575. The summed E-state index contributed by atoms with van der Waals surface area (Å²) in [4.78, 5) is 12.1. The van der Waals surface area contributed by atoms with Gasteiger partial charge in [0.15, 0.2) is 6.10 Å². The predicted octanol–water partition coefficient (Wildman–Crippen LogP) is 2.98. The van der Waals surface area contributed by atoms with Crippen molar-refractivity contribution in [1.29, 1.82) is 0 Å². The Bertz CT molecular complexity index is 597. The van der Waals surface area contributed by atoms with Crippen LogP contribution >= 0.6 is 0 Å². The van der Waals surface area contributed by atoms with Crippen LogP contribution in [0.2, 0.25) is 0 Å². The number of nitrogens with two attached hydrogens (primary N) is 1. The second-order valence-electron chi connectivity index (χ2n) is 4.64. The van der Waals surface area contributed by atoms with Crippen LogP contribution in [-0.2, 0) is 4.79 Å². The lowest BCUT2D eigenvalue weighted by molar-refractivity contribution is -0.122. The van der Waals surface area contributed by atoms with E-state index < -0.39 is 6.10 Å². The van der Waals surface area contributed by atoms with Crippen molar-refractivity contribution in [3.8, 4) is 5.75 Å². The zero-order valence-corrected chi connectivity index (χ0v) is 11.6. The van der Waals surface area contributed by atoms with Gasteiger partial charge < -0.3 is 15.8 Å². The molecule has 0 aliphatic rings. The Kier molecular flexibility index (Phi) is 4.25. The van der Waals surface area contributed by atoms with E-state index >= 15 is 0 Å². The number of rotatable bonds is 4. The average Bonchev–Trinajstić information content (AvgIpc) is 2.43. The van der Waals surface area contributed by atoms with Crippen molar-refractivity contribution in [2.45, 2.75) is 20.0 Å². The number of hydrogen-bond donors (Lipinski definition) is 2. The summed E-state index contributed by atoms with van der Waals surface area (Å²) in [7, 11) is 0. The quantitative estimate of drug-likeness (QED) is 0.839. The highest BCUT2D eigenvalue weighted by Crippen LogP contribution is 2.18. The summed E-state index contributed by atoms with van der Waals surface area (Å²) in [6.07, 6.45) is -0.575. The number of carbonyl (C=O) groups is 1. The summed E-state index contributed by atoms with van der Waals surface area (Å²) in [5.41, 5.74) is 8.02. The van der Waals surface area contributed by atoms with E-state index in [1.54, 1.807) is 19.1 Å². The van der Waals surface area contributed by atoms with Gasteiger partial charge in [0, 0.05) is 11.4 Å². The molecule has 2 rings (SSSR count). The van der Waals surface area contributed by atoms with E-state index in [4.69, 9.17) is 10.5 Å². The summed E-state index contributed by atoms with van der Waals surface area (Å²) in [6, 6.07) is 14.6. The van der Waals surface area contributed by atoms with Gasteiger partial charge in [0.2, 0.25) is 0 Å². The van der Waals surface area contributed by atoms with Gasteiger partial charge in [-0.2, -0.15) is 0 Å². The largest absolute Gasteiger partial charge is 0.481 e. The molecule has 0 fully saturated rings. The first-order valence-electron chi connectivity index (χ1n) is 6.45. The van der Waals surface area contributed by atoms with Crippen molar-refractivity contribution in [3.63, 3.8) is 0 Å². The molecule has 0 saturated carbocycles. The van der Waals surface area contributed by atoms with E-state index in [9.17, 15) is 4.79 Å². The third-order valence-electron chi connectivity index (χ3n) is 2.93. The number of para-hydroxylation sites is 1. The number of nitrogen functional groups attached to an aromatic ring is 1. The first-order chi connectivity index (χ1) is 9.56. The molecule has 0 bridgehead atoms. The maximum absolute atomic E-state index is 12.1. The second-order valence-corrected chi connectivity index (χ2v) is 4.64. The van der Waals surface area contributed by atoms with Gasteiger partial charge in [-0.25, -0.2) is 0 Å². The summed E-state index contributed by atoms with van der Waals surface area (Å²) in [5, 5.41) is 2.84. The van der Waals surface area contributed by atoms with E-state index in [1.807, 2.05) is 43.3 Å². The Morgan fingerprint density at radius 1 is 1.20 bits per heavy atom. The van der Waals surface area contributed by atoms with Crippen molar-refractivity contribution in [2.24, 2.45) is 0 Å². The third-order valence-corrected chi connectivity index (χ3v) is 2.93. The zero-order valence-electron chi connectivity index (χ0n) is 11.6. The molecule has 3 N–H and O–H groups in total. The van der Waals surface area contributed by atoms with Crippen molar-refractivity contribution in [2.75, 3.05) is 11.1 Å². The van der Waals surface area contributed by atoms with Crippen molar-refractivity contribution >= 4 is 17.3 Å². The Morgan fingerprint density at radius 3 is 2.55 bits per heavy atom. The molecule has 4 heteroatoms. The Labute approximate surface area is 118 Å². The van der Waals surface area contributed by atoms with Crippen LogP contribution in [0.25, 0.3) is 0 Å². The summed E-state index contributed by atoms with van der Waals surface area (Å²) >= 11 is 0. The van der Waals surface area contributed by atoms with Crippen molar-refractivity contribution in [3.05, 3.63) is 54.1 Å². The van der Waals surface area contributed by atoms with Crippen LogP contribution in [0.1, 0.15) is 12.5 Å².